The van der Waals surface area contributed by atoms with Crippen LogP contribution in [0.1, 0.15) is 20.3 Å². The van der Waals surface area contributed by atoms with Crippen molar-refractivity contribution in [3.63, 3.8) is 0 Å². The second-order valence-corrected chi connectivity index (χ2v) is 2.86. The Morgan fingerprint density at radius 2 is 2.18 bits per heavy atom. The van der Waals surface area contributed by atoms with Crippen LogP contribution in [0.5, 0.6) is 0 Å². The highest BCUT2D eigenvalue weighted by Crippen LogP contribution is 2.07. The van der Waals surface area contributed by atoms with Crippen molar-refractivity contribution < 1.29 is 14.3 Å². The lowest BCUT2D eigenvalue weighted by Crippen LogP contribution is -2.40. The van der Waals surface area contributed by atoms with Gasteiger partial charge in [0.15, 0.2) is 0 Å². The Hall–Kier alpha value is -1.06. The van der Waals surface area contributed by atoms with E-state index in [1.807, 2.05) is 0 Å². The number of methoxy groups -OCH3 is 1. The van der Waals surface area contributed by atoms with Crippen molar-refractivity contribution in [2.45, 2.75) is 25.8 Å². The van der Waals surface area contributed by atoms with Crippen LogP contribution in [0.3, 0.4) is 0 Å². The molecule has 0 spiro atoms. The number of rotatable bonds is 4. The van der Waals surface area contributed by atoms with Gasteiger partial charge in [0.05, 0.1) is 13.5 Å². The van der Waals surface area contributed by atoms with E-state index in [4.69, 9.17) is 0 Å². The molecule has 4 heteroatoms. The first kappa shape index (κ1) is 9.94. The van der Waals surface area contributed by atoms with Gasteiger partial charge in [-0.25, -0.2) is 0 Å². The molecule has 1 radical (unpaired) electrons. The Balaban J connectivity index is 3.89. The van der Waals surface area contributed by atoms with Crippen molar-refractivity contribution in [2.75, 3.05) is 7.11 Å². The number of hydrogen-bond acceptors (Lipinski definition) is 3. The molecule has 0 atom stereocenters. The Kier molecular flexibility index (Phi) is 3.57. The summed E-state index contributed by atoms with van der Waals surface area (Å²) in [7, 11) is 1.31. The SMILES string of the molecule is COC(=O)CC(C)(C)N[C]=O. The number of hydrogen-bond donors (Lipinski definition) is 1. The number of amides is 1. The zero-order valence-electron chi connectivity index (χ0n) is 6.93. The molecule has 0 aliphatic carbocycles. The van der Waals surface area contributed by atoms with Crippen molar-refractivity contribution in [3.8, 4) is 0 Å². The molecule has 63 valence electrons. The molecule has 1 N–H and O–H groups in total. The van der Waals surface area contributed by atoms with Gasteiger partial charge in [-0.1, -0.05) is 0 Å². The van der Waals surface area contributed by atoms with Crippen molar-refractivity contribution in [2.24, 2.45) is 0 Å². The molecule has 0 aliphatic rings. The molecular weight excluding hydrogens is 146 g/mol. The van der Waals surface area contributed by atoms with E-state index < -0.39 is 5.54 Å². The lowest BCUT2D eigenvalue weighted by Gasteiger charge is -2.20. The first-order chi connectivity index (χ1) is 5.02. The molecule has 0 saturated heterocycles. The van der Waals surface area contributed by atoms with Crippen molar-refractivity contribution in [3.05, 3.63) is 0 Å². The first-order valence-corrected chi connectivity index (χ1v) is 3.23. The summed E-state index contributed by atoms with van der Waals surface area (Å²) in [5, 5.41) is 2.38. The van der Waals surface area contributed by atoms with E-state index >= 15 is 0 Å². The standard InChI is InChI=1S/C7H12NO3/c1-7(2,8-5-9)4-6(10)11-3/h4H2,1-3H3,(H,8,9). The van der Waals surface area contributed by atoms with Gasteiger partial charge in [0.2, 0.25) is 0 Å². The van der Waals surface area contributed by atoms with Gasteiger partial charge in [-0.2, -0.15) is 0 Å². The number of nitrogens with one attached hydrogen (secondary N) is 1. The van der Waals surface area contributed by atoms with Gasteiger partial charge in [-0.05, 0) is 13.8 Å². The van der Waals surface area contributed by atoms with Crippen LogP contribution in [0.15, 0.2) is 0 Å². The lowest BCUT2D eigenvalue weighted by molar-refractivity contribution is -0.141. The minimum atomic E-state index is -0.575. The highest BCUT2D eigenvalue weighted by atomic mass is 16.5. The Bertz CT molecular complexity index is 154. The quantitative estimate of drug-likeness (QED) is 0.462. The summed E-state index contributed by atoms with van der Waals surface area (Å²) in [5.41, 5.74) is -0.575. The molecule has 1 amide bonds. The zero-order chi connectivity index (χ0) is 8.91. The Labute approximate surface area is 65.9 Å². The Morgan fingerprint density at radius 1 is 1.64 bits per heavy atom. The topological polar surface area (TPSA) is 55.4 Å². The highest BCUT2D eigenvalue weighted by Gasteiger charge is 2.21. The zero-order valence-corrected chi connectivity index (χ0v) is 6.93. The molecule has 0 saturated carbocycles. The molecule has 0 heterocycles. The highest BCUT2D eigenvalue weighted by molar-refractivity contribution is 5.71. The summed E-state index contributed by atoms with van der Waals surface area (Å²) in [6.45, 7) is 3.43. The smallest absolute Gasteiger partial charge is 0.309 e. The Morgan fingerprint density at radius 3 is 2.55 bits per heavy atom. The fourth-order valence-corrected chi connectivity index (χ4v) is 0.615. The number of carbonyl (C=O) groups excluding carboxylic acids is 2. The lowest BCUT2D eigenvalue weighted by atomic mass is 10.0. The summed E-state index contributed by atoms with van der Waals surface area (Å²) >= 11 is 0. The largest absolute Gasteiger partial charge is 0.469 e. The second kappa shape index (κ2) is 3.95. The van der Waals surface area contributed by atoms with E-state index in [0.717, 1.165) is 0 Å². The van der Waals surface area contributed by atoms with Crippen LogP contribution < -0.4 is 5.32 Å². The van der Waals surface area contributed by atoms with E-state index in [2.05, 4.69) is 10.1 Å². The maximum absolute atomic E-state index is 10.7. The molecule has 0 aromatic heterocycles. The van der Waals surface area contributed by atoms with Gasteiger partial charge < -0.3 is 10.1 Å². The third kappa shape index (κ3) is 4.36. The molecule has 0 rings (SSSR count). The third-order valence-electron chi connectivity index (χ3n) is 1.20. The molecule has 4 nitrogen and oxygen atoms in total. The molecule has 0 aliphatic heterocycles. The fraction of sp³-hybridized carbons (Fsp3) is 0.714. The predicted octanol–water partition coefficient (Wildman–Crippen LogP) is -0.0151. The van der Waals surface area contributed by atoms with E-state index in [0.29, 0.717) is 0 Å². The molecule has 0 aromatic rings. The third-order valence-corrected chi connectivity index (χ3v) is 1.20. The summed E-state index contributed by atoms with van der Waals surface area (Å²) in [6.07, 6.45) is 1.68. The van der Waals surface area contributed by atoms with Crippen LogP contribution in [-0.4, -0.2) is 25.0 Å². The predicted molar refractivity (Wildman–Crippen MR) is 39.5 cm³/mol. The molecule has 0 bridgehead atoms. The van der Waals surface area contributed by atoms with Gasteiger partial charge in [0, 0.05) is 5.54 Å². The molecule has 0 unspecified atom stereocenters. The maximum Gasteiger partial charge on any atom is 0.309 e. The van der Waals surface area contributed by atoms with Crippen LogP contribution in [0, 0.1) is 0 Å². The number of ether oxygens (including phenoxy) is 1. The van der Waals surface area contributed by atoms with Crippen molar-refractivity contribution in [1.82, 2.24) is 5.32 Å². The summed E-state index contributed by atoms with van der Waals surface area (Å²) in [4.78, 5) is 20.6. The van der Waals surface area contributed by atoms with Gasteiger partial charge in [0.1, 0.15) is 0 Å². The van der Waals surface area contributed by atoms with E-state index in [9.17, 15) is 9.59 Å². The number of esters is 1. The summed E-state index contributed by atoms with van der Waals surface area (Å²) < 4.78 is 4.42. The van der Waals surface area contributed by atoms with Gasteiger partial charge >= 0.3 is 12.4 Å². The van der Waals surface area contributed by atoms with Crippen LogP contribution in [-0.2, 0) is 14.3 Å². The van der Waals surface area contributed by atoms with Crippen LogP contribution in [0.25, 0.3) is 0 Å². The second-order valence-electron chi connectivity index (χ2n) is 2.86. The number of carbonyl (C=O) groups is 1. The minimum Gasteiger partial charge on any atom is -0.469 e. The maximum atomic E-state index is 10.7. The molecule has 0 fully saturated rings. The minimum absolute atomic E-state index is 0.152. The van der Waals surface area contributed by atoms with Gasteiger partial charge in [-0.15, -0.1) is 0 Å². The van der Waals surface area contributed by atoms with Crippen molar-refractivity contribution >= 4 is 12.4 Å². The molecule has 11 heavy (non-hydrogen) atoms. The van der Waals surface area contributed by atoms with Crippen LogP contribution in [0.4, 0.5) is 0 Å². The summed E-state index contributed by atoms with van der Waals surface area (Å²) in [5.74, 6) is -0.349. The molecular formula is C7H12NO3. The normalized spacial score (nSPS) is 10.5. The van der Waals surface area contributed by atoms with E-state index in [1.54, 1.807) is 13.8 Å². The van der Waals surface area contributed by atoms with E-state index in [-0.39, 0.29) is 12.4 Å². The first-order valence-electron chi connectivity index (χ1n) is 3.23. The van der Waals surface area contributed by atoms with Gasteiger partial charge in [-0.3, -0.25) is 9.59 Å². The van der Waals surface area contributed by atoms with Crippen LogP contribution in [0.2, 0.25) is 0 Å². The fourth-order valence-electron chi connectivity index (χ4n) is 0.615. The van der Waals surface area contributed by atoms with E-state index in [1.165, 1.54) is 13.5 Å². The average Bonchev–Trinajstić information content (AvgIpc) is 1.86. The van der Waals surface area contributed by atoms with Gasteiger partial charge in [0.25, 0.3) is 0 Å². The summed E-state index contributed by atoms with van der Waals surface area (Å²) in [6, 6.07) is 0. The van der Waals surface area contributed by atoms with Crippen LogP contribution >= 0.6 is 0 Å². The van der Waals surface area contributed by atoms with Crippen molar-refractivity contribution in [1.29, 1.82) is 0 Å². The average molecular weight is 158 g/mol. The molecule has 0 aromatic carbocycles. The monoisotopic (exact) mass is 158 g/mol.